The third kappa shape index (κ3) is 2.63. The molecule has 0 saturated heterocycles. The molecule has 0 radical (unpaired) electrons. The van der Waals surface area contributed by atoms with Gasteiger partial charge in [-0.1, -0.05) is 46.3 Å². The van der Waals surface area contributed by atoms with Crippen LogP contribution >= 0.6 is 0 Å². The number of ether oxygens (including phenoxy) is 2. The van der Waals surface area contributed by atoms with Crippen molar-refractivity contribution in [3.8, 4) is 0 Å². The van der Waals surface area contributed by atoms with Crippen molar-refractivity contribution in [3.63, 3.8) is 0 Å². The summed E-state index contributed by atoms with van der Waals surface area (Å²) in [5.41, 5.74) is 1.49. The largest absolute Gasteiger partial charge is 0.497 e. The van der Waals surface area contributed by atoms with E-state index >= 15 is 0 Å². The highest BCUT2D eigenvalue weighted by Crippen LogP contribution is 2.76. The van der Waals surface area contributed by atoms with Gasteiger partial charge in [0.25, 0.3) is 0 Å². The molecule has 5 aliphatic carbocycles. The van der Waals surface area contributed by atoms with Crippen LogP contribution in [0.1, 0.15) is 86.5 Å². The number of carbonyl (C=O) groups excluding carboxylic acids is 1. The van der Waals surface area contributed by atoms with E-state index < -0.39 is 23.0 Å². The van der Waals surface area contributed by atoms with Gasteiger partial charge in [-0.2, -0.15) is 0 Å². The third-order valence-electron chi connectivity index (χ3n) is 13.2. The Bertz CT molecular complexity index is 1060. The number of hydrogen-bond acceptors (Lipinski definition) is 5. The molecule has 0 aromatic rings. The molecule has 1 aliphatic heterocycles. The minimum atomic E-state index is -0.785. The Morgan fingerprint density at radius 1 is 1.08 bits per heavy atom. The van der Waals surface area contributed by atoms with E-state index in [2.05, 4.69) is 47.6 Å². The number of rotatable bonds is 1. The van der Waals surface area contributed by atoms with Crippen LogP contribution in [0, 0.1) is 50.7 Å². The number of methoxy groups -OCH3 is 1. The fourth-order valence-electron chi connectivity index (χ4n) is 11.0. The average Bonchev–Trinajstić information content (AvgIpc) is 3.18. The van der Waals surface area contributed by atoms with Crippen molar-refractivity contribution in [1.82, 2.24) is 0 Å². The summed E-state index contributed by atoms with van der Waals surface area (Å²) in [6.07, 6.45) is 7.23. The lowest BCUT2D eigenvalue weighted by Crippen LogP contribution is -2.64. The highest BCUT2D eigenvalue weighted by atomic mass is 16.5. The summed E-state index contributed by atoms with van der Waals surface area (Å²) in [6.45, 7) is 14.5. The minimum Gasteiger partial charge on any atom is -0.497 e. The van der Waals surface area contributed by atoms with Crippen molar-refractivity contribution in [3.05, 3.63) is 23.0 Å². The van der Waals surface area contributed by atoms with Gasteiger partial charge in [0.1, 0.15) is 0 Å². The van der Waals surface area contributed by atoms with E-state index in [0.717, 1.165) is 44.3 Å². The van der Waals surface area contributed by atoms with Gasteiger partial charge in [0.05, 0.1) is 42.5 Å². The Morgan fingerprint density at radius 2 is 1.81 bits per heavy atom. The number of carbonyl (C=O) groups is 1. The van der Waals surface area contributed by atoms with E-state index in [1.807, 2.05) is 0 Å². The summed E-state index contributed by atoms with van der Waals surface area (Å²) < 4.78 is 11.9. The number of fused-ring (bicyclic) bond motifs is 6. The lowest BCUT2D eigenvalue weighted by molar-refractivity contribution is -0.174. The van der Waals surface area contributed by atoms with Crippen molar-refractivity contribution < 1.29 is 24.5 Å². The van der Waals surface area contributed by atoms with Crippen LogP contribution in [-0.2, 0) is 14.3 Å². The number of esters is 1. The standard InChI is InChI=1S/C31H46O5/c1-17-10-11-31(26(34)35-7)13-12-29(5)19(23(31)18(17)2)8-9-22-27(3)14-20(32)25(33)28(4)16-36-21(24(27)28)15-30(22,29)6/h8,17-18,20,22-23,25,32-33H,9-16H2,1-7H3/t17-,18+,20-,22-,23+,25+,27-,28+,29-,30-,31+/m1/s1. The van der Waals surface area contributed by atoms with Crippen LogP contribution in [0.4, 0.5) is 0 Å². The average molecular weight is 499 g/mol. The summed E-state index contributed by atoms with van der Waals surface area (Å²) in [7, 11) is 1.56. The van der Waals surface area contributed by atoms with Crippen molar-refractivity contribution >= 4 is 5.97 Å². The zero-order valence-corrected chi connectivity index (χ0v) is 23.3. The van der Waals surface area contributed by atoms with Gasteiger partial charge in [0.2, 0.25) is 0 Å². The molecule has 5 nitrogen and oxygen atoms in total. The van der Waals surface area contributed by atoms with E-state index in [1.165, 1.54) is 11.1 Å². The molecule has 11 atom stereocenters. The van der Waals surface area contributed by atoms with E-state index in [1.54, 1.807) is 7.11 Å². The van der Waals surface area contributed by atoms with Crippen LogP contribution < -0.4 is 0 Å². The molecule has 0 unspecified atom stereocenters. The zero-order valence-electron chi connectivity index (χ0n) is 23.3. The number of hydrogen-bond donors (Lipinski definition) is 2. The van der Waals surface area contributed by atoms with Gasteiger partial charge in [0.15, 0.2) is 0 Å². The quantitative estimate of drug-likeness (QED) is 0.374. The molecular formula is C31H46O5. The molecule has 5 heteroatoms. The summed E-state index contributed by atoms with van der Waals surface area (Å²) in [5, 5.41) is 22.1. The Morgan fingerprint density at radius 3 is 2.50 bits per heavy atom. The SMILES string of the molecule is COC(=O)[C@]12CC[C@@H](C)[C@H](C)[C@H]1C1=CC[C@@H]3[C@@]4(C)C[C@@H](O)[C@H](O)[C@@]5(C)COC(=C45)C[C@@]3(C)[C@]1(C)CC2. The van der Waals surface area contributed by atoms with Crippen molar-refractivity contribution in [2.24, 2.45) is 50.7 Å². The van der Waals surface area contributed by atoms with Crippen molar-refractivity contribution in [2.75, 3.05) is 13.7 Å². The van der Waals surface area contributed by atoms with Crippen LogP contribution in [0.25, 0.3) is 0 Å². The fraction of sp³-hybridized carbons (Fsp3) is 0.839. The molecule has 1 heterocycles. The number of aliphatic hydroxyl groups excluding tert-OH is 2. The van der Waals surface area contributed by atoms with Gasteiger partial charge in [-0.25, -0.2) is 0 Å². The first-order chi connectivity index (χ1) is 16.8. The van der Waals surface area contributed by atoms with Crippen LogP contribution in [0.5, 0.6) is 0 Å². The van der Waals surface area contributed by atoms with Crippen LogP contribution in [-0.4, -0.2) is 42.1 Å². The van der Waals surface area contributed by atoms with E-state index in [9.17, 15) is 15.0 Å². The Labute approximate surface area is 216 Å². The first-order valence-electron chi connectivity index (χ1n) is 14.3. The Kier molecular flexibility index (Phi) is 5.14. The van der Waals surface area contributed by atoms with Gasteiger partial charge < -0.3 is 19.7 Å². The lowest BCUT2D eigenvalue weighted by atomic mass is 9.35. The van der Waals surface area contributed by atoms with Gasteiger partial charge in [0, 0.05) is 6.42 Å². The smallest absolute Gasteiger partial charge is 0.312 e. The molecule has 6 aliphatic rings. The molecule has 0 aromatic carbocycles. The summed E-state index contributed by atoms with van der Waals surface area (Å²) in [5.74, 6) is 2.62. The topological polar surface area (TPSA) is 76.0 Å². The summed E-state index contributed by atoms with van der Waals surface area (Å²) >= 11 is 0. The predicted molar refractivity (Wildman–Crippen MR) is 138 cm³/mol. The third-order valence-corrected chi connectivity index (χ3v) is 13.2. The molecule has 0 aromatic heterocycles. The number of aliphatic hydroxyl groups is 2. The van der Waals surface area contributed by atoms with Gasteiger partial charge in [-0.15, -0.1) is 0 Å². The summed E-state index contributed by atoms with van der Waals surface area (Å²) in [4.78, 5) is 13.4. The lowest BCUT2D eigenvalue weighted by Gasteiger charge is -2.68. The van der Waals surface area contributed by atoms with E-state index in [4.69, 9.17) is 9.47 Å². The molecule has 36 heavy (non-hydrogen) atoms. The predicted octanol–water partition coefficient (Wildman–Crippen LogP) is 5.41. The van der Waals surface area contributed by atoms with E-state index in [0.29, 0.717) is 30.8 Å². The second-order valence-electron chi connectivity index (χ2n) is 14.5. The van der Waals surface area contributed by atoms with E-state index in [-0.39, 0.29) is 28.1 Å². The van der Waals surface area contributed by atoms with Crippen LogP contribution in [0.15, 0.2) is 23.0 Å². The van der Waals surface area contributed by atoms with Gasteiger partial charge in [-0.3, -0.25) is 4.79 Å². The molecule has 0 bridgehead atoms. The maximum atomic E-state index is 13.4. The maximum Gasteiger partial charge on any atom is 0.312 e. The monoisotopic (exact) mass is 498 g/mol. The number of allylic oxidation sites excluding steroid dienone is 3. The normalized spacial score (nSPS) is 55.4. The van der Waals surface area contributed by atoms with Crippen LogP contribution in [0.2, 0.25) is 0 Å². The molecule has 0 amide bonds. The first kappa shape index (κ1) is 25.0. The van der Waals surface area contributed by atoms with Crippen LogP contribution in [0.3, 0.4) is 0 Å². The second kappa shape index (κ2) is 7.40. The van der Waals surface area contributed by atoms with Crippen molar-refractivity contribution in [2.45, 2.75) is 98.7 Å². The maximum absolute atomic E-state index is 13.4. The molecule has 2 N–H and O–H groups in total. The fourth-order valence-corrected chi connectivity index (χ4v) is 11.0. The Balaban J connectivity index is 1.50. The van der Waals surface area contributed by atoms with Gasteiger partial charge in [-0.05, 0) is 90.9 Å². The molecule has 3 saturated carbocycles. The highest BCUT2D eigenvalue weighted by Gasteiger charge is 2.71. The van der Waals surface area contributed by atoms with Gasteiger partial charge >= 0.3 is 5.97 Å². The highest BCUT2D eigenvalue weighted by molar-refractivity contribution is 5.78. The zero-order chi connectivity index (χ0) is 26.1. The minimum absolute atomic E-state index is 0.0126. The first-order valence-corrected chi connectivity index (χ1v) is 14.3. The summed E-state index contributed by atoms with van der Waals surface area (Å²) in [6, 6.07) is 0. The second-order valence-corrected chi connectivity index (χ2v) is 14.5. The Hall–Kier alpha value is -1.33. The molecular weight excluding hydrogens is 452 g/mol. The van der Waals surface area contributed by atoms with Crippen molar-refractivity contribution in [1.29, 1.82) is 0 Å². The molecule has 3 fully saturated rings. The molecule has 0 spiro atoms. The molecule has 6 rings (SSSR count). The molecule has 200 valence electrons.